The fourth-order valence-corrected chi connectivity index (χ4v) is 2.92. The van der Waals surface area contributed by atoms with Crippen molar-refractivity contribution in [2.45, 2.75) is 19.3 Å². The standard InChI is InChI=1S/C17H18N2O2/c20-19(21)16-8-9-17-15(13-16)7-4-11-18(17)12-10-14-5-2-1-3-6-14/h1-3,5-6,8-9,13H,4,7,10-12H2. The van der Waals surface area contributed by atoms with Gasteiger partial charge in [-0.15, -0.1) is 0 Å². The first-order valence-electron chi connectivity index (χ1n) is 7.30. The van der Waals surface area contributed by atoms with E-state index in [1.807, 2.05) is 12.1 Å². The first-order chi connectivity index (χ1) is 10.2. The maximum Gasteiger partial charge on any atom is 0.269 e. The van der Waals surface area contributed by atoms with Gasteiger partial charge in [0.05, 0.1) is 4.92 Å². The van der Waals surface area contributed by atoms with Crippen LogP contribution in [0, 0.1) is 10.1 Å². The van der Waals surface area contributed by atoms with Crippen LogP contribution in [0.1, 0.15) is 17.5 Å². The van der Waals surface area contributed by atoms with Crippen molar-refractivity contribution >= 4 is 11.4 Å². The van der Waals surface area contributed by atoms with Crippen LogP contribution < -0.4 is 4.90 Å². The van der Waals surface area contributed by atoms with Gasteiger partial charge in [-0.3, -0.25) is 10.1 Å². The van der Waals surface area contributed by atoms with Gasteiger partial charge in [0.1, 0.15) is 0 Å². The van der Waals surface area contributed by atoms with E-state index >= 15 is 0 Å². The molecular formula is C17H18N2O2. The van der Waals surface area contributed by atoms with Crippen LogP contribution in [0.3, 0.4) is 0 Å². The molecule has 1 heterocycles. The predicted molar refractivity (Wildman–Crippen MR) is 83.8 cm³/mol. The normalized spacial score (nSPS) is 13.8. The van der Waals surface area contributed by atoms with E-state index < -0.39 is 0 Å². The highest BCUT2D eigenvalue weighted by molar-refractivity contribution is 5.59. The molecule has 4 heteroatoms. The summed E-state index contributed by atoms with van der Waals surface area (Å²) in [6.07, 6.45) is 2.99. The predicted octanol–water partition coefficient (Wildman–Crippen LogP) is 3.59. The van der Waals surface area contributed by atoms with Crippen molar-refractivity contribution in [2.24, 2.45) is 0 Å². The monoisotopic (exact) mass is 282 g/mol. The number of fused-ring (bicyclic) bond motifs is 1. The van der Waals surface area contributed by atoms with Crippen molar-refractivity contribution in [1.82, 2.24) is 0 Å². The first kappa shape index (κ1) is 13.6. The summed E-state index contributed by atoms with van der Waals surface area (Å²) >= 11 is 0. The third kappa shape index (κ3) is 3.05. The third-order valence-electron chi connectivity index (χ3n) is 4.00. The molecule has 0 saturated heterocycles. The second kappa shape index (κ2) is 5.95. The number of non-ortho nitro benzene ring substituents is 1. The minimum absolute atomic E-state index is 0.193. The Hall–Kier alpha value is -2.36. The van der Waals surface area contributed by atoms with E-state index in [2.05, 4.69) is 29.2 Å². The topological polar surface area (TPSA) is 46.4 Å². The van der Waals surface area contributed by atoms with Gasteiger partial charge in [-0.05, 0) is 36.5 Å². The zero-order chi connectivity index (χ0) is 14.7. The first-order valence-corrected chi connectivity index (χ1v) is 7.30. The average Bonchev–Trinajstić information content (AvgIpc) is 2.53. The molecule has 0 unspecified atom stereocenters. The van der Waals surface area contributed by atoms with Gasteiger partial charge in [-0.2, -0.15) is 0 Å². The van der Waals surface area contributed by atoms with Crippen molar-refractivity contribution in [2.75, 3.05) is 18.0 Å². The molecule has 4 nitrogen and oxygen atoms in total. The van der Waals surface area contributed by atoms with E-state index in [-0.39, 0.29) is 10.6 Å². The Morgan fingerprint density at radius 3 is 2.71 bits per heavy atom. The van der Waals surface area contributed by atoms with Crippen LogP contribution in [0.5, 0.6) is 0 Å². The highest BCUT2D eigenvalue weighted by Crippen LogP contribution is 2.30. The molecule has 1 aliphatic rings. The summed E-state index contributed by atoms with van der Waals surface area (Å²) in [5.74, 6) is 0. The van der Waals surface area contributed by atoms with E-state index in [1.165, 1.54) is 5.56 Å². The molecule has 0 aromatic heterocycles. The molecule has 0 spiro atoms. The van der Waals surface area contributed by atoms with Crippen molar-refractivity contribution in [3.63, 3.8) is 0 Å². The van der Waals surface area contributed by atoms with Crippen molar-refractivity contribution < 1.29 is 4.92 Å². The number of benzene rings is 2. The van der Waals surface area contributed by atoms with Crippen LogP contribution in [0.15, 0.2) is 48.5 Å². The molecule has 0 bridgehead atoms. The van der Waals surface area contributed by atoms with Gasteiger partial charge in [0, 0.05) is 30.9 Å². The lowest BCUT2D eigenvalue weighted by atomic mass is 10.0. The zero-order valence-corrected chi connectivity index (χ0v) is 11.9. The molecule has 0 radical (unpaired) electrons. The summed E-state index contributed by atoms with van der Waals surface area (Å²) in [7, 11) is 0. The lowest BCUT2D eigenvalue weighted by Crippen LogP contribution is -2.31. The zero-order valence-electron chi connectivity index (χ0n) is 11.9. The molecule has 0 aliphatic carbocycles. The highest BCUT2D eigenvalue weighted by atomic mass is 16.6. The van der Waals surface area contributed by atoms with Crippen LogP contribution in [0.25, 0.3) is 0 Å². The fraction of sp³-hybridized carbons (Fsp3) is 0.294. The average molecular weight is 282 g/mol. The molecule has 3 rings (SSSR count). The summed E-state index contributed by atoms with van der Waals surface area (Å²) < 4.78 is 0. The van der Waals surface area contributed by atoms with Crippen LogP contribution >= 0.6 is 0 Å². The SMILES string of the molecule is O=[N+]([O-])c1ccc2c(c1)CCCN2CCc1ccccc1. The molecule has 0 amide bonds. The minimum Gasteiger partial charge on any atom is -0.371 e. The number of hydrogen-bond acceptors (Lipinski definition) is 3. The van der Waals surface area contributed by atoms with Gasteiger partial charge in [0.2, 0.25) is 0 Å². The van der Waals surface area contributed by atoms with Gasteiger partial charge < -0.3 is 4.90 Å². The Kier molecular flexibility index (Phi) is 3.86. The van der Waals surface area contributed by atoms with E-state index in [0.717, 1.165) is 43.6 Å². The third-order valence-corrected chi connectivity index (χ3v) is 4.00. The van der Waals surface area contributed by atoms with Crippen LogP contribution in [-0.4, -0.2) is 18.0 Å². The lowest BCUT2D eigenvalue weighted by Gasteiger charge is -2.31. The second-order valence-corrected chi connectivity index (χ2v) is 5.40. The molecule has 0 N–H and O–H groups in total. The van der Waals surface area contributed by atoms with E-state index in [9.17, 15) is 10.1 Å². The molecule has 0 saturated carbocycles. The smallest absolute Gasteiger partial charge is 0.269 e. The molecule has 2 aromatic rings. The summed E-state index contributed by atoms with van der Waals surface area (Å²) in [6.45, 7) is 1.98. The Balaban J connectivity index is 1.76. The van der Waals surface area contributed by atoms with Gasteiger partial charge in [-0.1, -0.05) is 30.3 Å². The van der Waals surface area contributed by atoms with Crippen molar-refractivity contribution in [3.05, 3.63) is 69.8 Å². The largest absolute Gasteiger partial charge is 0.371 e. The summed E-state index contributed by atoms with van der Waals surface area (Å²) in [5, 5.41) is 10.9. The number of anilines is 1. The number of nitrogens with zero attached hydrogens (tertiary/aromatic N) is 2. The molecular weight excluding hydrogens is 264 g/mol. The van der Waals surface area contributed by atoms with E-state index in [1.54, 1.807) is 12.1 Å². The number of nitro groups is 1. The Morgan fingerprint density at radius 1 is 1.14 bits per heavy atom. The number of hydrogen-bond donors (Lipinski definition) is 0. The Labute approximate surface area is 124 Å². The maximum absolute atomic E-state index is 10.9. The minimum atomic E-state index is -0.316. The van der Waals surface area contributed by atoms with Crippen LogP contribution in [-0.2, 0) is 12.8 Å². The number of aryl methyl sites for hydroxylation is 1. The van der Waals surface area contributed by atoms with Gasteiger partial charge in [-0.25, -0.2) is 0 Å². The van der Waals surface area contributed by atoms with E-state index in [4.69, 9.17) is 0 Å². The maximum atomic E-state index is 10.9. The quantitative estimate of drug-likeness (QED) is 0.636. The number of nitro benzene ring substituents is 1. The molecule has 108 valence electrons. The summed E-state index contributed by atoms with van der Waals surface area (Å²) in [6, 6.07) is 15.7. The van der Waals surface area contributed by atoms with Gasteiger partial charge >= 0.3 is 0 Å². The molecule has 1 aliphatic heterocycles. The van der Waals surface area contributed by atoms with Gasteiger partial charge in [0.25, 0.3) is 5.69 Å². The van der Waals surface area contributed by atoms with Crippen LogP contribution in [0.4, 0.5) is 11.4 Å². The van der Waals surface area contributed by atoms with E-state index in [0.29, 0.717) is 0 Å². The molecule has 21 heavy (non-hydrogen) atoms. The molecule has 0 atom stereocenters. The Morgan fingerprint density at radius 2 is 1.95 bits per heavy atom. The van der Waals surface area contributed by atoms with Crippen molar-refractivity contribution in [3.8, 4) is 0 Å². The van der Waals surface area contributed by atoms with Crippen LogP contribution in [0.2, 0.25) is 0 Å². The molecule has 2 aromatic carbocycles. The summed E-state index contributed by atoms with van der Waals surface area (Å²) in [5.41, 5.74) is 3.77. The summed E-state index contributed by atoms with van der Waals surface area (Å²) in [4.78, 5) is 12.9. The van der Waals surface area contributed by atoms with Gasteiger partial charge in [0.15, 0.2) is 0 Å². The second-order valence-electron chi connectivity index (χ2n) is 5.40. The Bertz CT molecular complexity index is 640. The fourth-order valence-electron chi connectivity index (χ4n) is 2.92. The highest BCUT2D eigenvalue weighted by Gasteiger charge is 2.19. The lowest BCUT2D eigenvalue weighted by molar-refractivity contribution is -0.384. The molecule has 0 fully saturated rings. The number of rotatable bonds is 4. The van der Waals surface area contributed by atoms with Crippen molar-refractivity contribution in [1.29, 1.82) is 0 Å².